The van der Waals surface area contributed by atoms with Crippen LogP contribution < -0.4 is 10.1 Å². The monoisotopic (exact) mass is 345 g/mol. The zero-order valence-electron chi connectivity index (χ0n) is 14.4. The molecule has 1 amide bonds. The second-order valence-electron chi connectivity index (χ2n) is 6.79. The Kier molecular flexibility index (Phi) is 6.27. The maximum atomic E-state index is 11.9. The molecule has 0 unspecified atom stereocenters. The molecule has 24 heavy (non-hydrogen) atoms. The van der Waals surface area contributed by atoms with Gasteiger partial charge in [0.25, 0.3) is 5.91 Å². The first-order chi connectivity index (χ1) is 11.3. The molecule has 1 N–H and O–H groups in total. The fourth-order valence-corrected chi connectivity index (χ4v) is 2.38. The van der Waals surface area contributed by atoms with Gasteiger partial charge in [0.15, 0.2) is 6.61 Å². The summed E-state index contributed by atoms with van der Waals surface area (Å²) in [6.45, 7) is 7.04. The molecule has 0 aliphatic rings. The fourth-order valence-electron chi connectivity index (χ4n) is 2.25. The molecule has 0 fully saturated rings. The molecule has 0 atom stereocenters. The molecule has 0 aliphatic carbocycles. The molecule has 0 spiro atoms. The summed E-state index contributed by atoms with van der Waals surface area (Å²) in [4.78, 5) is 11.9. The standard InChI is InChI=1S/C20H24ClNO2/c1-20(2,3)16-5-4-6-18(13-16)24-14-19(23)22-12-11-15-7-9-17(21)10-8-15/h4-10,13H,11-12,14H2,1-3H3,(H,22,23). The van der Waals surface area contributed by atoms with Gasteiger partial charge in [0.2, 0.25) is 0 Å². The summed E-state index contributed by atoms with van der Waals surface area (Å²) >= 11 is 5.85. The van der Waals surface area contributed by atoms with Crippen LogP contribution in [0.15, 0.2) is 48.5 Å². The number of ether oxygens (including phenoxy) is 1. The van der Waals surface area contributed by atoms with Crippen molar-refractivity contribution in [1.29, 1.82) is 0 Å². The zero-order valence-corrected chi connectivity index (χ0v) is 15.2. The van der Waals surface area contributed by atoms with Gasteiger partial charge in [0, 0.05) is 11.6 Å². The molecule has 2 aromatic rings. The van der Waals surface area contributed by atoms with Crippen LogP contribution >= 0.6 is 11.6 Å². The summed E-state index contributed by atoms with van der Waals surface area (Å²) in [7, 11) is 0. The van der Waals surface area contributed by atoms with Gasteiger partial charge in [-0.1, -0.05) is 56.6 Å². The van der Waals surface area contributed by atoms with Crippen molar-refractivity contribution < 1.29 is 9.53 Å². The van der Waals surface area contributed by atoms with Crippen molar-refractivity contribution in [3.8, 4) is 5.75 Å². The van der Waals surface area contributed by atoms with Crippen LogP contribution in [0.1, 0.15) is 31.9 Å². The zero-order chi connectivity index (χ0) is 17.6. The van der Waals surface area contributed by atoms with Crippen LogP contribution in [0.5, 0.6) is 5.75 Å². The summed E-state index contributed by atoms with van der Waals surface area (Å²) < 4.78 is 5.59. The molecular weight excluding hydrogens is 322 g/mol. The van der Waals surface area contributed by atoms with Gasteiger partial charge in [0.1, 0.15) is 5.75 Å². The minimum atomic E-state index is -0.120. The van der Waals surface area contributed by atoms with E-state index in [0.29, 0.717) is 11.6 Å². The molecule has 0 heterocycles. The Labute approximate surface area is 149 Å². The number of hydrogen-bond acceptors (Lipinski definition) is 2. The van der Waals surface area contributed by atoms with Crippen LogP contribution in [0.25, 0.3) is 0 Å². The molecule has 0 bridgehead atoms. The molecule has 0 saturated carbocycles. The lowest BCUT2D eigenvalue weighted by molar-refractivity contribution is -0.123. The quantitative estimate of drug-likeness (QED) is 0.844. The molecule has 3 nitrogen and oxygen atoms in total. The predicted octanol–water partition coefficient (Wildman–Crippen LogP) is 4.38. The largest absolute Gasteiger partial charge is 0.484 e. The van der Waals surface area contributed by atoms with Crippen molar-refractivity contribution in [2.24, 2.45) is 0 Å². The second kappa shape index (κ2) is 8.20. The van der Waals surface area contributed by atoms with Gasteiger partial charge in [-0.2, -0.15) is 0 Å². The molecule has 0 saturated heterocycles. The first kappa shape index (κ1) is 18.3. The normalized spacial score (nSPS) is 11.2. The van der Waals surface area contributed by atoms with Crippen molar-refractivity contribution in [2.45, 2.75) is 32.6 Å². The number of halogens is 1. The first-order valence-electron chi connectivity index (χ1n) is 8.09. The van der Waals surface area contributed by atoms with Gasteiger partial charge in [-0.05, 0) is 47.2 Å². The minimum absolute atomic E-state index is 0.0220. The third-order valence-corrected chi connectivity index (χ3v) is 3.97. The fraction of sp³-hybridized carbons (Fsp3) is 0.350. The van der Waals surface area contributed by atoms with Crippen LogP contribution in [0, 0.1) is 0 Å². The molecule has 0 aromatic heterocycles. The first-order valence-corrected chi connectivity index (χ1v) is 8.47. The van der Waals surface area contributed by atoms with E-state index in [4.69, 9.17) is 16.3 Å². The Morgan fingerprint density at radius 2 is 1.83 bits per heavy atom. The third kappa shape index (κ3) is 5.89. The average molecular weight is 346 g/mol. The van der Waals surface area contributed by atoms with E-state index >= 15 is 0 Å². The van der Waals surface area contributed by atoms with E-state index in [9.17, 15) is 4.79 Å². The summed E-state index contributed by atoms with van der Waals surface area (Å²) in [5.74, 6) is 0.598. The van der Waals surface area contributed by atoms with Gasteiger partial charge in [0.05, 0.1) is 0 Å². The highest BCUT2D eigenvalue weighted by Crippen LogP contribution is 2.25. The number of nitrogens with one attached hydrogen (secondary N) is 1. The maximum absolute atomic E-state index is 11.9. The van der Waals surface area contributed by atoms with E-state index in [0.717, 1.165) is 17.7 Å². The summed E-state index contributed by atoms with van der Waals surface area (Å²) in [5, 5.41) is 3.58. The van der Waals surface area contributed by atoms with Crippen LogP contribution in [0.4, 0.5) is 0 Å². The van der Waals surface area contributed by atoms with Gasteiger partial charge in [-0.15, -0.1) is 0 Å². The second-order valence-corrected chi connectivity index (χ2v) is 7.23. The van der Waals surface area contributed by atoms with Crippen molar-refractivity contribution >= 4 is 17.5 Å². The maximum Gasteiger partial charge on any atom is 0.257 e. The highest BCUT2D eigenvalue weighted by atomic mass is 35.5. The molecule has 0 aliphatic heterocycles. The Hall–Kier alpha value is -2.00. The van der Waals surface area contributed by atoms with Gasteiger partial charge < -0.3 is 10.1 Å². The van der Waals surface area contributed by atoms with E-state index < -0.39 is 0 Å². The lowest BCUT2D eigenvalue weighted by Crippen LogP contribution is -2.30. The van der Waals surface area contributed by atoms with E-state index in [-0.39, 0.29) is 17.9 Å². The smallest absolute Gasteiger partial charge is 0.257 e. The Balaban J connectivity index is 1.76. The number of hydrogen-bond donors (Lipinski definition) is 1. The van der Waals surface area contributed by atoms with E-state index in [1.165, 1.54) is 5.56 Å². The van der Waals surface area contributed by atoms with E-state index in [2.05, 4.69) is 32.2 Å². The van der Waals surface area contributed by atoms with Gasteiger partial charge in [-0.3, -0.25) is 4.79 Å². The summed E-state index contributed by atoms with van der Waals surface area (Å²) in [5.41, 5.74) is 2.38. The number of benzene rings is 2. The van der Waals surface area contributed by atoms with Crippen molar-refractivity contribution in [3.63, 3.8) is 0 Å². The summed E-state index contributed by atoms with van der Waals surface area (Å²) in [6, 6.07) is 15.5. The molecule has 2 rings (SSSR count). The molecule has 0 radical (unpaired) electrons. The molecule has 2 aromatic carbocycles. The molecular formula is C20H24ClNO2. The number of rotatable bonds is 6. The van der Waals surface area contributed by atoms with Gasteiger partial charge in [-0.25, -0.2) is 0 Å². The lowest BCUT2D eigenvalue weighted by atomic mass is 9.87. The van der Waals surface area contributed by atoms with Crippen LogP contribution in [0.3, 0.4) is 0 Å². The van der Waals surface area contributed by atoms with Gasteiger partial charge >= 0.3 is 0 Å². The van der Waals surface area contributed by atoms with Crippen LogP contribution in [0.2, 0.25) is 5.02 Å². The van der Waals surface area contributed by atoms with E-state index in [1.807, 2.05) is 42.5 Å². The number of amides is 1. The Morgan fingerprint density at radius 3 is 2.50 bits per heavy atom. The lowest BCUT2D eigenvalue weighted by Gasteiger charge is -2.19. The Bertz CT molecular complexity index is 675. The highest BCUT2D eigenvalue weighted by molar-refractivity contribution is 6.30. The van der Waals surface area contributed by atoms with Crippen LogP contribution in [-0.4, -0.2) is 19.1 Å². The number of carbonyl (C=O) groups excluding carboxylic acids is 1. The topological polar surface area (TPSA) is 38.3 Å². The van der Waals surface area contributed by atoms with Crippen LogP contribution in [-0.2, 0) is 16.6 Å². The number of carbonyl (C=O) groups is 1. The summed E-state index contributed by atoms with van der Waals surface area (Å²) in [6.07, 6.45) is 0.766. The molecule has 128 valence electrons. The molecule has 4 heteroatoms. The highest BCUT2D eigenvalue weighted by Gasteiger charge is 2.14. The van der Waals surface area contributed by atoms with Crippen molar-refractivity contribution in [1.82, 2.24) is 5.32 Å². The van der Waals surface area contributed by atoms with Crippen molar-refractivity contribution in [3.05, 3.63) is 64.7 Å². The SMILES string of the molecule is CC(C)(C)c1cccc(OCC(=O)NCCc2ccc(Cl)cc2)c1. The average Bonchev–Trinajstić information content (AvgIpc) is 2.54. The third-order valence-electron chi connectivity index (χ3n) is 3.72. The van der Waals surface area contributed by atoms with Crippen molar-refractivity contribution in [2.75, 3.05) is 13.2 Å². The Morgan fingerprint density at radius 1 is 1.12 bits per heavy atom. The van der Waals surface area contributed by atoms with E-state index in [1.54, 1.807) is 0 Å². The predicted molar refractivity (Wildman–Crippen MR) is 98.8 cm³/mol. The minimum Gasteiger partial charge on any atom is -0.484 e.